The zero-order valence-electron chi connectivity index (χ0n) is 18.9. The first-order valence-electron chi connectivity index (χ1n) is 11.4. The smallest absolute Gasteiger partial charge is 0.248 e. The molecule has 1 saturated carbocycles. The lowest BCUT2D eigenvalue weighted by atomic mass is 9.84. The van der Waals surface area contributed by atoms with Crippen molar-refractivity contribution in [3.63, 3.8) is 0 Å². The monoisotopic (exact) mass is 432 g/mol. The number of nitrogens with zero attached hydrogens (tertiary/aromatic N) is 3. The van der Waals surface area contributed by atoms with Crippen LogP contribution in [0.1, 0.15) is 71.8 Å². The Morgan fingerprint density at radius 2 is 2.10 bits per heavy atom. The Kier molecular flexibility index (Phi) is 7.64. The summed E-state index contributed by atoms with van der Waals surface area (Å²) in [7, 11) is 0. The summed E-state index contributed by atoms with van der Waals surface area (Å²) in [6.45, 7) is 6.32. The molecule has 1 atom stereocenters. The maximum atomic E-state index is 13.3. The lowest BCUT2D eigenvalue weighted by molar-refractivity contribution is -0.120. The van der Waals surface area contributed by atoms with Crippen LogP contribution in [-0.4, -0.2) is 42.7 Å². The van der Waals surface area contributed by atoms with Gasteiger partial charge >= 0.3 is 0 Å². The molecule has 0 radical (unpaired) electrons. The molecule has 1 aliphatic carbocycles. The average Bonchev–Trinajstić information content (AvgIpc) is 3.29. The zero-order valence-corrected chi connectivity index (χ0v) is 18.9. The Morgan fingerprint density at radius 1 is 1.35 bits per heavy atom. The summed E-state index contributed by atoms with van der Waals surface area (Å²) in [6.07, 6.45) is 10.8. The molecule has 0 unspecified atom stereocenters. The van der Waals surface area contributed by atoms with Gasteiger partial charge in [-0.25, -0.2) is 0 Å². The quantitative estimate of drug-likeness (QED) is 0.525. The van der Waals surface area contributed by atoms with Crippen molar-refractivity contribution >= 4 is 11.7 Å². The molecule has 0 bridgehead atoms. The van der Waals surface area contributed by atoms with Crippen molar-refractivity contribution in [1.82, 2.24) is 14.3 Å². The predicted molar refractivity (Wildman–Crippen MR) is 119 cm³/mol. The molecule has 1 aliphatic rings. The summed E-state index contributed by atoms with van der Waals surface area (Å²) in [5.74, 6) is 1.24. The molecule has 172 valence electrons. The Labute approximate surface area is 184 Å². The number of aromatic hydroxyl groups is 1. The molecule has 31 heavy (non-hydrogen) atoms. The van der Waals surface area contributed by atoms with Crippen LogP contribution in [0, 0.1) is 5.92 Å². The van der Waals surface area contributed by atoms with Gasteiger partial charge in [0, 0.05) is 18.3 Å². The minimum Gasteiger partial charge on any atom is -0.494 e. The van der Waals surface area contributed by atoms with Gasteiger partial charge in [-0.15, -0.1) is 0 Å². The number of nitrogens with one attached hydrogen (secondary N) is 1. The molecule has 0 spiro atoms. The molecule has 2 aromatic rings. The van der Waals surface area contributed by atoms with Gasteiger partial charge in [0.1, 0.15) is 11.8 Å². The van der Waals surface area contributed by atoms with Crippen molar-refractivity contribution in [2.75, 3.05) is 11.9 Å². The third-order valence-electron chi connectivity index (χ3n) is 5.64. The van der Waals surface area contributed by atoms with Crippen LogP contribution in [0.2, 0.25) is 0 Å². The summed E-state index contributed by atoms with van der Waals surface area (Å²) in [6, 6.07) is 2.73. The fourth-order valence-corrected chi connectivity index (χ4v) is 4.20. The second-order valence-electron chi connectivity index (χ2n) is 9.25. The topological polar surface area (TPSA) is 102 Å². The van der Waals surface area contributed by atoms with Gasteiger partial charge in [0.05, 0.1) is 24.9 Å². The molecule has 8 nitrogen and oxygen atoms in total. The number of hydrogen-bond donors (Lipinski definition) is 3. The molecule has 3 rings (SSSR count). The van der Waals surface area contributed by atoms with Gasteiger partial charge in [0.25, 0.3) is 0 Å². The van der Waals surface area contributed by atoms with Crippen molar-refractivity contribution in [3.05, 3.63) is 24.5 Å². The van der Waals surface area contributed by atoms with Crippen LogP contribution in [0.3, 0.4) is 0 Å². The molecule has 1 fully saturated rings. The van der Waals surface area contributed by atoms with E-state index in [4.69, 9.17) is 4.74 Å². The second-order valence-corrected chi connectivity index (χ2v) is 9.25. The molecule has 2 aromatic heterocycles. The number of carbonyl (C=O) groups excluding carboxylic acids is 1. The highest BCUT2D eigenvalue weighted by Crippen LogP contribution is 2.35. The van der Waals surface area contributed by atoms with Gasteiger partial charge in [0.2, 0.25) is 5.91 Å². The predicted octanol–water partition coefficient (Wildman–Crippen LogP) is 4.10. The highest BCUT2D eigenvalue weighted by molar-refractivity contribution is 5.93. The van der Waals surface area contributed by atoms with Gasteiger partial charge in [0.15, 0.2) is 11.7 Å². The number of carbonyl (C=O) groups is 1. The number of anilines is 1. The van der Waals surface area contributed by atoms with E-state index >= 15 is 0 Å². The molecule has 2 heterocycles. The minimum absolute atomic E-state index is 0.0228. The number of rotatable bonds is 10. The fourth-order valence-electron chi connectivity index (χ4n) is 4.20. The summed E-state index contributed by atoms with van der Waals surface area (Å²) in [5, 5.41) is 27.8. The second kappa shape index (κ2) is 10.2. The number of ether oxygens (including phenoxy) is 1. The molecule has 8 heteroatoms. The van der Waals surface area contributed by atoms with Crippen molar-refractivity contribution in [2.45, 2.75) is 83.9 Å². The van der Waals surface area contributed by atoms with Crippen LogP contribution >= 0.6 is 0 Å². The van der Waals surface area contributed by atoms with Crippen LogP contribution < -0.4 is 10.1 Å². The standard InChI is InChI=1S/C23H36N4O4/c1-4-12-31-18-14-21(28)27(15-18)19(13-17-8-6-5-7-9-17)22(29)24-20-10-11-26(25-20)16-23(2,3)30/h10-11,14-15,17,19,28,30H,4-9,12-13,16H2,1-3H3,(H,24,25,29)/t19-/m0/s1. The molecule has 1 amide bonds. The van der Waals surface area contributed by atoms with Gasteiger partial charge in [-0.1, -0.05) is 39.0 Å². The normalized spacial score (nSPS) is 16.3. The lowest BCUT2D eigenvalue weighted by Gasteiger charge is -2.27. The van der Waals surface area contributed by atoms with Crippen molar-refractivity contribution in [2.24, 2.45) is 5.92 Å². The van der Waals surface area contributed by atoms with Crippen molar-refractivity contribution in [3.8, 4) is 11.6 Å². The largest absolute Gasteiger partial charge is 0.494 e. The number of aliphatic hydroxyl groups is 1. The summed E-state index contributed by atoms with van der Waals surface area (Å²) in [5.41, 5.74) is -0.900. The van der Waals surface area contributed by atoms with Crippen LogP contribution in [0.5, 0.6) is 11.6 Å². The van der Waals surface area contributed by atoms with Crippen LogP contribution in [0.4, 0.5) is 5.82 Å². The van der Waals surface area contributed by atoms with Gasteiger partial charge in [-0.05, 0) is 32.6 Å². The van der Waals surface area contributed by atoms with E-state index in [0.29, 0.717) is 37.1 Å². The first-order chi connectivity index (χ1) is 14.7. The Bertz CT molecular complexity index is 846. The maximum Gasteiger partial charge on any atom is 0.248 e. The Morgan fingerprint density at radius 3 is 2.77 bits per heavy atom. The average molecular weight is 433 g/mol. The molecule has 0 aliphatic heterocycles. The third-order valence-corrected chi connectivity index (χ3v) is 5.64. The first kappa shape index (κ1) is 23.2. The van der Waals surface area contributed by atoms with Crippen LogP contribution in [0.25, 0.3) is 0 Å². The molecule has 0 saturated heterocycles. The molecule has 0 aromatic carbocycles. The van der Waals surface area contributed by atoms with Gasteiger partial charge in [-0.2, -0.15) is 5.10 Å². The van der Waals surface area contributed by atoms with E-state index in [2.05, 4.69) is 10.4 Å². The van der Waals surface area contributed by atoms with E-state index in [-0.39, 0.29) is 11.8 Å². The molecular weight excluding hydrogens is 396 g/mol. The van der Waals surface area contributed by atoms with E-state index in [1.165, 1.54) is 19.3 Å². The third kappa shape index (κ3) is 6.75. The van der Waals surface area contributed by atoms with E-state index in [1.807, 2.05) is 6.92 Å². The van der Waals surface area contributed by atoms with Crippen molar-refractivity contribution in [1.29, 1.82) is 0 Å². The van der Waals surface area contributed by atoms with Gasteiger partial charge < -0.3 is 24.8 Å². The maximum absolute atomic E-state index is 13.3. The minimum atomic E-state index is -0.900. The molecule has 3 N–H and O–H groups in total. The van der Waals surface area contributed by atoms with Gasteiger partial charge in [-0.3, -0.25) is 9.48 Å². The zero-order chi connectivity index (χ0) is 22.4. The summed E-state index contributed by atoms with van der Waals surface area (Å²) < 4.78 is 8.87. The van der Waals surface area contributed by atoms with E-state index in [1.54, 1.807) is 47.6 Å². The van der Waals surface area contributed by atoms with E-state index < -0.39 is 11.6 Å². The highest BCUT2D eigenvalue weighted by atomic mass is 16.5. The van der Waals surface area contributed by atoms with E-state index in [0.717, 1.165) is 19.3 Å². The molecular formula is C23H36N4O4. The van der Waals surface area contributed by atoms with Crippen molar-refractivity contribution < 1.29 is 19.7 Å². The Hall–Kier alpha value is -2.48. The van der Waals surface area contributed by atoms with E-state index in [9.17, 15) is 15.0 Å². The number of aromatic nitrogens is 3. The van der Waals surface area contributed by atoms with Crippen LogP contribution in [0.15, 0.2) is 24.5 Å². The first-order valence-corrected chi connectivity index (χ1v) is 11.4. The summed E-state index contributed by atoms with van der Waals surface area (Å²) >= 11 is 0. The highest BCUT2D eigenvalue weighted by Gasteiger charge is 2.28. The number of hydrogen-bond acceptors (Lipinski definition) is 5. The SMILES string of the molecule is CCCOc1cc(O)n([C@@H](CC2CCCCC2)C(=O)Nc2ccn(CC(C)(C)O)n2)c1. The lowest BCUT2D eigenvalue weighted by Crippen LogP contribution is -2.29. The Balaban J connectivity index is 1.77. The number of amides is 1. The fraction of sp³-hybridized carbons (Fsp3) is 0.652. The van der Waals surface area contributed by atoms with Crippen LogP contribution in [-0.2, 0) is 11.3 Å². The summed E-state index contributed by atoms with van der Waals surface area (Å²) in [4.78, 5) is 13.3.